The summed E-state index contributed by atoms with van der Waals surface area (Å²) in [7, 11) is 3.58. The molecule has 8 nitrogen and oxygen atoms in total. The molecule has 0 unspecified atom stereocenters. The van der Waals surface area contributed by atoms with E-state index in [1.807, 2.05) is 36.0 Å². The Morgan fingerprint density at radius 1 is 1.14 bits per heavy atom. The number of carbonyl (C=O) groups is 1. The Bertz CT molecular complexity index is 1680. The lowest BCUT2D eigenvalue weighted by molar-refractivity contribution is -0.130. The Kier molecular flexibility index (Phi) is 8.66. The summed E-state index contributed by atoms with van der Waals surface area (Å²) < 4.78 is 20.9. The van der Waals surface area contributed by atoms with E-state index in [9.17, 15) is 9.18 Å². The standard InChI is InChI=1S/C30H29FN6O2S3/c1-36(2)27(38)17-37-12-8-19(9-13-37)24-18-41-30(34-24)35-29-25(39-21-5-3-20(31)4-6-21)15-22(16-33-29)42-26-7-11-32-23-10-14-40-28(23)26/h3-7,10-11,14-16,18-19H,8-9,12-13,17H2,1-2H3,(H,33,34,35). The minimum atomic E-state index is -0.328. The van der Waals surface area contributed by atoms with Gasteiger partial charge in [-0.25, -0.2) is 14.4 Å². The van der Waals surface area contributed by atoms with Crippen LogP contribution in [0.4, 0.5) is 15.3 Å². The van der Waals surface area contributed by atoms with Crippen LogP contribution >= 0.6 is 34.4 Å². The van der Waals surface area contributed by atoms with Crippen LogP contribution in [0.2, 0.25) is 0 Å². The zero-order valence-electron chi connectivity index (χ0n) is 23.1. The number of likely N-dealkylation sites (N-methyl/N-ethyl adjacent to an activating group) is 1. The third-order valence-corrected chi connectivity index (χ3v) is 9.88. The molecule has 6 rings (SSSR count). The van der Waals surface area contributed by atoms with E-state index in [-0.39, 0.29) is 11.7 Å². The fourth-order valence-electron chi connectivity index (χ4n) is 4.69. The number of pyridine rings is 2. The molecule has 5 aromatic rings. The molecule has 0 saturated carbocycles. The minimum absolute atomic E-state index is 0.129. The topological polar surface area (TPSA) is 83.5 Å². The average Bonchev–Trinajstić information content (AvgIpc) is 3.67. The van der Waals surface area contributed by atoms with Crippen molar-refractivity contribution in [3.63, 3.8) is 0 Å². The van der Waals surface area contributed by atoms with E-state index in [1.165, 1.54) is 23.5 Å². The molecule has 0 atom stereocenters. The first-order valence-electron chi connectivity index (χ1n) is 13.5. The molecule has 1 amide bonds. The number of anilines is 2. The van der Waals surface area contributed by atoms with Crippen LogP contribution in [0.3, 0.4) is 0 Å². The highest BCUT2D eigenvalue weighted by Crippen LogP contribution is 2.40. The van der Waals surface area contributed by atoms with E-state index in [2.05, 4.69) is 20.6 Å². The van der Waals surface area contributed by atoms with Gasteiger partial charge in [0.1, 0.15) is 11.6 Å². The van der Waals surface area contributed by atoms with Crippen molar-refractivity contribution in [3.8, 4) is 11.5 Å². The lowest BCUT2D eigenvalue weighted by Gasteiger charge is -2.31. The van der Waals surface area contributed by atoms with Crippen molar-refractivity contribution in [2.45, 2.75) is 28.6 Å². The molecule has 1 aliphatic rings. The Morgan fingerprint density at radius 2 is 1.95 bits per heavy atom. The normalized spacial score (nSPS) is 14.3. The number of thiazole rings is 1. The van der Waals surface area contributed by atoms with Gasteiger partial charge >= 0.3 is 0 Å². The molecule has 5 heterocycles. The maximum absolute atomic E-state index is 13.6. The predicted octanol–water partition coefficient (Wildman–Crippen LogP) is 7.24. The van der Waals surface area contributed by atoms with Gasteiger partial charge in [-0.3, -0.25) is 14.7 Å². The summed E-state index contributed by atoms with van der Waals surface area (Å²) in [5.41, 5.74) is 2.01. The second-order valence-corrected chi connectivity index (χ2v) is 13.1. The number of aromatic nitrogens is 3. The number of piperidine rings is 1. The van der Waals surface area contributed by atoms with Crippen LogP contribution < -0.4 is 10.1 Å². The first kappa shape index (κ1) is 28.5. The zero-order valence-corrected chi connectivity index (χ0v) is 25.6. The number of nitrogens with one attached hydrogen (secondary N) is 1. The number of hydrogen-bond acceptors (Lipinski definition) is 10. The Hall–Kier alpha value is -3.58. The molecule has 0 aliphatic carbocycles. The summed E-state index contributed by atoms with van der Waals surface area (Å²) in [6, 6.07) is 11.9. The lowest BCUT2D eigenvalue weighted by atomic mass is 9.94. The second kappa shape index (κ2) is 12.7. The number of thiophene rings is 1. The average molecular weight is 621 g/mol. The van der Waals surface area contributed by atoms with Gasteiger partial charge in [0.15, 0.2) is 16.7 Å². The number of ether oxygens (including phenoxy) is 1. The van der Waals surface area contributed by atoms with Crippen LogP contribution in [-0.2, 0) is 4.79 Å². The summed E-state index contributed by atoms with van der Waals surface area (Å²) in [5.74, 6) is 1.69. The third-order valence-electron chi connectivity index (χ3n) is 7.02. The molecule has 1 aliphatic heterocycles. The van der Waals surface area contributed by atoms with Gasteiger partial charge in [0.05, 0.1) is 22.5 Å². The molecule has 4 aromatic heterocycles. The van der Waals surface area contributed by atoms with E-state index in [0.29, 0.717) is 29.8 Å². The van der Waals surface area contributed by atoms with Gasteiger partial charge < -0.3 is 15.0 Å². The van der Waals surface area contributed by atoms with Crippen molar-refractivity contribution in [1.29, 1.82) is 0 Å². The monoisotopic (exact) mass is 620 g/mol. The molecule has 1 N–H and O–H groups in total. The molecule has 12 heteroatoms. The molecule has 0 radical (unpaired) electrons. The van der Waals surface area contributed by atoms with Crippen LogP contribution in [0, 0.1) is 5.82 Å². The molecule has 1 saturated heterocycles. The summed E-state index contributed by atoms with van der Waals surface area (Å²) in [5, 5.41) is 8.20. The number of fused-ring (bicyclic) bond motifs is 1. The van der Waals surface area contributed by atoms with Gasteiger partial charge in [-0.05, 0) is 67.7 Å². The molecule has 216 valence electrons. The predicted molar refractivity (Wildman–Crippen MR) is 167 cm³/mol. The first-order valence-corrected chi connectivity index (χ1v) is 16.1. The molecule has 1 aromatic carbocycles. The molecule has 0 spiro atoms. The van der Waals surface area contributed by atoms with Crippen LogP contribution in [-0.4, -0.2) is 64.4 Å². The summed E-state index contributed by atoms with van der Waals surface area (Å²) in [6.45, 7) is 2.20. The largest absolute Gasteiger partial charge is 0.453 e. The molecular formula is C30H29FN6O2S3. The highest BCUT2D eigenvalue weighted by atomic mass is 32.2. The van der Waals surface area contributed by atoms with Gasteiger partial charge in [-0.1, -0.05) is 11.8 Å². The van der Waals surface area contributed by atoms with E-state index in [1.54, 1.807) is 54.2 Å². The van der Waals surface area contributed by atoms with Crippen molar-refractivity contribution < 1.29 is 13.9 Å². The number of carbonyl (C=O) groups excluding carboxylic acids is 1. The van der Waals surface area contributed by atoms with Gasteiger partial charge in [0.25, 0.3) is 0 Å². The quantitative estimate of drug-likeness (QED) is 0.185. The van der Waals surface area contributed by atoms with Gasteiger partial charge in [-0.2, -0.15) is 0 Å². The van der Waals surface area contributed by atoms with Crippen LogP contribution in [0.5, 0.6) is 11.5 Å². The van der Waals surface area contributed by atoms with E-state index < -0.39 is 0 Å². The summed E-state index contributed by atoms with van der Waals surface area (Å²) in [4.78, 5) is 31.9. The van der Waals surface area contributed by atoms with Crippen molar-refractivity contribution in [3.05, 3.63) is 77.1 Å². The Balaban J connectivity index is 1.19. The Morgan fingerprint density at radius 3 is 2.74 bits per heavy atom. The fourth-order valence-corrected chi connectivity index (χ4v) is 7.36. The van der Waals surface area contributed by atoms with Crippen LogP contribution in [0.1, 0.15) is 24.5 Å². The van der Waals surface area contributed by atoms with Crippen molar-refractivity contribution in [2.75, 3.05) is 39.0 Å². The van der Waals surface area contributed by atoms with Crippen molar-refractivity contribution >= 4 is 61.5 Å². The van der Waals surface area contributed by atoms with Crippen molar-refractivity contribution in [2.24, 2.45) is 0 Å². The van der Waals surface area contributed by atoms with Crippen molar-refractivity contribution in [1.82, 2.24) is 24.8 Å². The van der Waals surface area contributed by atoms with E-state index in [0.717, 1.165) is 56.8 Å². The van der Waals surface area contributed by atoms with Crippen LogP contribution in [0.25, 0.3) is 10.2 Å². The number of halogens is 1. The maximum Gasteiger partial charge on any atom is 0.236 e. The van der Waals surface area contributed by atoms with Crippen LogP contribution in [0.15, 0.2) is 75.4 Å². The maximum atomic E-state index is 13.6. The Labute approximate surface area is 255 Å². The SMILES string of the molecule is CN(C)C(=O)CN1CCC(c2csc(Nc3ncc(Sc4ccnc5ccsc45)cc3Oc3ccc(F)cc3)n2)CC1. The number of likely N-dealkylation sites (tertiary alicyclic amines) is 1. The van der Waals surface area contributed by atoms with Gasteiger partial charge in [0, 0.05) is 53.6 Å². The molecule has 0 bridgehead atoms. The smallest absolute Gasteiger partial charge is 0.236 e. The molecule has 42 heavy (non-hydrogen) atoms. The van der Waals surface area contributed by atoms with Gasteiger partial charge in [0.2, 0.25) is 5.91 Å². The van der Waals surface area contributed by atoms with E-state index in [4.69, 9.17) is 14.7 Å². The highest BCUT2D eigenvalue weighted by molar-refractivity contribution is 7.99. The zero-order chi connectivity index (χ0) is 29.1. The summed E-state index contributed by atoms with van der Waals surface area (Å²) in [6.07, 6.45) is 5.53. The number of nitrogens with zero attached hydrogens (tertiary/aromatic N) is 5. The number of amides is 1. The number of benzene rings is 1. The van der Waals surface area contributed by atoms with Gasteiger partial charge in [-0.15, -0.1) is 22.7 Å². The molecular weight excluding hydrogens is 592 g/mol. The minimum Gasteiger partial charge on any atom is -0.453 e. The van der Waals surface area contributed by atoms with E-state index >= 15 is 0 Å². The lowest BCUT2D eigenvalue weighted by Crippen LogP contribution is -2.40. The highest BCUT2D eigenvalue weighted by Gasteiger charge is 2.24. The first-order chi connectivity index (χ1) is 20.4. The number of rotatable bonds is 9. The fraction of sp³-hybridized carbons (Fsp3) is 0.267. The number of hydrogen-bond donors (Lipinski definition) is 1. The third kappa shape index (κ3) is 6.73. The summed E-state index contributed by atoms with van der Waals surface area (Å²) >= 11 is 4.77. The molecule has 1 fully saturated rings. The second-order valence-electron chi connectivity index (χ2n) is 10.2.